The minimum atomic E-state index is -0.472. The number of nitrogens with zero attached hydrogens (tertiary/aromatic N) is 1. The lowest BCUT2D eigenvalue weighted by Crippen LogP contribution is -2.21. The number of methoxy groups -OCH3 is 1. The minimum absolute atomic E-state index is 0.0927. The van der Waals surface area contributed by atoms with Crippen molar-refractivity contribution >= 4 is 22.6 Å². The van der Waals surface area contributed by atoms with E-state index in [0.717, 1.165) is 0 Å². The number of benzene rings is 2. The highest BCUT2D eigenvalue weighted by Crippen LogP contribution is 2.21. The molecule has 0 aliphatic carbocycles. The van der Waals surface area contributed by atoms with Gasteiger partial charge in [0.15, 0.2) is 0 Å². The van der Waals surface area contributed by atoms with Gasteiger partial charge in [-0.05, 0) is 48.5 Å². The van der Waals surface area contributed by atoms with Crippen LogP contribution in [0.2, 0.25) is 0 Å². The highest BCUT2D eigenvalue weighted by molar-refractivity contribution is 6.05. The molecule has 0 atom stereocenters. The average molecular weight is 354 g/mol. The van der Waals surface area contributed by atoms with E-state index in [0.29, 0.717) is 34.8 Å². The van der Waals surface area contributed by atoms with Crippen molar-refractivity contribution in [1.29, 1.82) is 0 Å². The maximum Gasteiger partial charge on any atom is 0.268 e. The number of fused-ring (bicyclic) bond motifs is 1. The van der Waals surface area contributed by atoms with Crippen molar-refractivity contribution in [1.82, 2.24) is 0 Å². The van der Waals surface area contributed by atoms with Crippen molar-refractivity contribution in [2.45, 2.75) is 6.92 Å². The molecule has 3 rings (SSSR count). The van der Waals surface area contributed by atoms with E-state index in [-0.39, 0.29) is 11.1 Å². The van der Waals surface area contributed by atoms with Gasteiger partial charge in [-0.3, -0.25) is 4.79 Å². The molecule has 0 aliphatic rings. The molecule has 7 nitrogen and oxygen atoms in total. The Morgan fingerprint density at radius 1 is 1.19 bits per heavy atom. The third-order valence-electron chi connectivity index (χ3n) is 3.69. The predicted molar refractivity (Wildman–Crippen MR) is 95.7 cm³/mol. The summed E-state index contributed by atoms with van der Waals surface area (Å²) in [6.45, 7) is 2.40. The number of nitrogens with one attached hydrogen (secondary N) is 1. The summed E-state index contributed by atoms with van der Waals surface area (Å²) in [5.41, 5.74) is 0.931. The first-order valence-corrected chi connectivity index (χ1v) is 7.99. The van der Waals surface area contributed by atoms with Gasteiger partial charge >= 0.3 is 0 Å². The van der Waals surface area contributed by atoms with Gasteiger partial charge in [-0.15, -0.1) is 0 Å². The van der Waals surface area contributed by atoms with E-state index >= 15 is 0 Å². The second-order valence-corrected chi connectivity index (χ2v) is 5.38. The standard InChI is InChI=1S/C19H18N2O5/c1-3-25-15-6-4-5-13(11-15)20-18(22)16-10-12-9-14(24-2)7-8-17(12)26-19(16)21-23/h4-11,23H,3H2,1-2H3,(H,20,22)/b21-19+. The van der Waals surface area contributed by atoms with Crippen LogP contribution in [0.4, 0.5) is 5.69 Å². The number of carbonyl (C=O) groups excluding carboxylic acids is 1. The third kappa shape index (κ3) is 3.61. The topological polar surface area (TPSA) is 93.3 Å². The number of rotatable bonds is 5. The molecule has 0 saturated heterocycles. The van der Waals surface area contributed by atoms with Crippen LogP contribution in [0.5, 0.6) is 11.5 Å². The Labute approximate surface area is 149 Å². The normalized spacial score (nSPS) is 11.4. The maximum atomic E-state index is 12.6. The Morgan fingerprint density at radius 2 is 2.04 bits per heavy atom. The SMILES string of the molecule is CCOc1cccc(NC(=O)c2cc3cc(OC)ccc3o/c2=N/O)c1. The van der Waals surface area contributed by atoms with Crippen molar-refractivity contribution in [3.63, 3.8) is 0 Å². The van der Waals surface area contributed by atoms with Gasteiger partial charge in [-0.2, -0.15) is 0 Å². The van der Waals surface area contributed by atoms with Crippen LogP contribution in [0.3, 0.4) is 0 Å². The van der Waals surface area contributed by atoms with Crippen LogP contribution in [-0.2, 0) is 0 Å². The summed E-state index contributed by atoms with van der Waals surface area (Å²) in [5, 5.41) is 15.7. The summed E-state index contributed by atoms with van der Waals surface area (Å²) in [6, 6.07) is 13.7. The second kappa shape index (κ2) is 7.60. The zero-order valence-electron chi connectivity index (χ0n) is 14.4. The van der Waals surface area contributed by atoms with Crippen molar-refractivity contribution < 1.29 is 23.9 Å². The van der Waals surface area contributed by atoms with Gasteiger partial charge in [-0.25, -0.2) is 0 Å². The summed E-state index contributed by atoms with van der Waals surface area (Å²) >= 11 is 0. The van der Waals surface area contributed by atoms with Gasteiger partial charge in [0.25, 0.3) is 11.5 Å². The molecule has 7 heteroatoms. The van der Waals surface area contributed by atoms with Crippen LogP contribution in [0.15, 0.2) is 58.1 Å². The summed E-state index contributed by atoms with van der Waals surface area (Å²) in [4.78, 5) is 12.6. The van der Waals surface area contributed by atoms with Crippen LogP contribution in [0.1, 0.15) is 17.3 Å². The first-order chi connectivity index (χ1) is 12.6. The second-order valence-electron chi connectivity index (χ2n) is 5.38. The van der Waals surface area contributed by atoms with E-state index in [4.69, 9.17) is 13.9 Å². The van der Waals surface area contributed by atoms with Crippen LogP contribution >= 0.6 is 0 Å². The minimum Gasteiger partial charge on any atom is -0.497 e. The number of hydrogen-bond donors (Lipinski definition) is 2. The van der Waals surface area contributed by atoms with Crippen molar-refractivity contribution in [3.05, 3.63) is 59.6 Å². The first-order valence-electron chi connectivity index (χ1n) is 7.99. The lowest BCUT2D eigenvalue weighted by atomic mass is 10.1. The first kappa shape index (κ1) is 17.3. The molecule has 2 aromatic carbocycles. The lowest BCUT2D eigenvalue weighted by Gasteiger charge is -2.09. The van der Waals surface area contributed by atoms with Crippen LogP contribution in [-0.4, -0.2) is 24.8 Å². The molecule has 1 amide bonds. The smallest absolute Gasteiger partial charge is 0.268 e. The monoisotopic (exact) mass is 354 g/mol. The van der Waals surface area contributed by atoms with E-state index in [1.165, 1.54) is 0 Å². The zero-order chi connectivity index (χ0) is 18.5. The lowest BCUT2D eigenvalue weighted by molar-refractivity contribution is 0.102. The summed E-state index contributed by atoms with van der Waals surface area (Å²) in [5.74, 6) is 0.794. The third-order valence-corrected chi connectivity index (χ3v) is 3.69. The molecule has 0 fully saturated rings. The number of amides is 1. The number of hydrogen-bond acceptors (Lipinski definition) is 6. The molecule has 0 unspecified atom stereocenters. The van der Waals surface area contributed by atoms with E-state index in [9.17, 15) is 10.0 Å². The molecule has 0 spiro atoms. The summed E-state index contributed by atoms with van der Waals surface area (Å²) < 4.78 is 16.1. The Balaban J connectivity index is 1.97. The zero-order valence-corrected chi connectivity index (χ0v) is 14.4. The Bertz CT molecular complexity index is 1010. The molecule has 1 heterocycles. The largest absolute Gasteiger partial charge is 0.497 e. The van der Waals surface area contributed by atoms with Gasteiger partial charge in [0.2, 0.25) is 0 Å². The summed E-state index contributed by atoms with van der Waals surface area (Å²) in [7, 11) is 1.55. The molecule has 134 valence electrons. The number of ether oxygens (including phenoxy) is 2. The molecule has 0 aliphatic heterocycles. The molecule has 2 N–H and O–H groups in total. The highest BCUT2D eigenvalue weighted by Gasteiger charge is 2.14. The van der Waals surface area contributed by atoms with E-state index in [2.05, 4.69) is 10.5 Å². The van der Waals surface area contributed by atoms with Gasteiger partial charge in [-0.1, -0.05) is 6.07 Å². The Hall–Kier alpha value is -3.48. The van der Waals surface area contributed by atoms with E-state index < -0.39 is 5.91 Å². The average Bonchev–Trinajstić information content (AvgIpc) is 2.67. The molecule has 0 bridgehead atoms. The molecular formula is C19H18N2O5. The number of anilines is 1. The molecular weight excluding hydrogens is 336 g/mol. The van der Waals surface area contributed by atoms with Crippen LogP contribution in [0.25, 0.3) is 11.0 Å². The van der Waals surface area contributed by atoms with E-state index in [1.807, 2.05) is 6.92 Å². The predicted octanol–water partition coefficient (Wildman–Crippen LogP) is 3.38. The van der Waals surface area contributed by atoms with Gasteiger partial charge in [0, 0.05) is 17.1 Å². The maximum absolute atomic E-state index is 12.6. The van der Waals surface area contributed by atoms with Gasteiger partial charge in [0.05, 0.1) is 13.7 Å². The van der Waals surface area contributed by atoms with Gasteiger partial charge < -0.3 is 24.4 Å². The van der Waals surface area contributed by atoms with Gasteiger partial charge in [0.1, 0.15) is 22.6 Å². The Kier molecular flexibility index (Phi) is 5.07. The van der Waals surface area contributed by atoms with Crippen LogP contribution < -0.4 is 20.3 Å². The van der Waals surface area contributed by atoms with E-state index in [1.54, 1.807) is 55.6 Å². The summed E-state index contributed by atoms with van der Waals surface area (Å²) in [6.07, 6.45) is 0. The van der Waals surface area contributed by atoms with Crippen molar-refractivity contribution in [2.75, 3.05) is 19.0 Å². The fraction of sp³-hybridized carbons (Fsp3) is 0.158. The van der Waals surface area contributed by atoms with Crippen molar-refractivity contribution in [3.8, 4) is 11.5 Å². The fourth-order valence-corrected chi connectivity index (χ4v) is 2.50. The number of carbonyl (C=O) groups is 1. The molecule has 26 heavy (non-hydrogen) atoms. The molecule has 0 radical (unpaired) electrons. The van der Waals surface area contributed by atoms with Crippen molar-refractivity contribution in [2.24, 2.45) is 5.16 Å². The molecule has 0 saturated carbocycles. The highest BCUT2D eigenvalue weighted by atomic mass is 16.5. The van der Waals surface area contributed by atoms with Crippen LogP contribution in [0, 0.1) is 0 Å². The molecule has 3 aromatic rings. The fourth-order valence-electron chi connectivity index (χ4n) is 2.50. The Morgan fingerprint density at radius 3 is 2.77 bits per heavy atom. The molecule has 1 aromatic heterocycles. The quantitative estimate of drug-likeness (QED) is 0.541.